The second kappa shape index (κ2) is 8.40. The van der Waals surface area contributed by atoms with E-state index in [0.717, 1.165) is 39.9 Å². The number of nitrogens with one attached hydrogen (secondary N) is 3. The number of hydrogen-bond donors (Lipinski definition) is 3. The standard InChI is InChI=1S/C26H22Cl2N6/c1-33-15-29-14-24(33)26(16-5-8-19(27)9-6-16)18-7-10-23-22(12-18)21(13-25-30-31-32-34(23)25)17-3-2-4-20(28)11-17/h2-14,26,29,31-32H,15H2,1H3. The van der Waals surface area contributed by atoms with Crippen molar-refractivity contribution in [1.82, 2.24) is 21.3 Å². The fourth-order valence-corrected chi connectivity index (χ4v) is 5.06. The van der Waals surface area contributed by atoms with Crippen molar-refractivity contribution in [2.24, 2.45) is 5.10 Å². The quantitative estimate of drug-likeness (QED) is 0.479. The molecule has 0 radical (unpaired) electrons. The molecular formula is C26H22Cl2N6. The predicted octanol–water partition coefficient (Wildman–Crippen LogP) is 5.05. The Balaban J connectivity index is 1.52. The summed E-state index contributed by atoms with van der Waals surface area (Å²) in [6.45, 7) is 0.779. The summed E-state index contributed by atoms with van der Waals surface area (Å²) in [6.07, 6.45) is 4.17. The summed E-state index contributed by atoms with van der Waals surface area (Å²) in [6, 6.07) is 22.6. The number of benzene rings is 3. The molecule has 0 saturated carbocycles. The van der Waals surface area contributed by atoms with Crippen molar-refractivity contribution in [2.75, 3.05) is 18.7 Å². The van der Waals surface area contributed by atoms with Crippen LogP contribution in [0.2, 0.25) is 10.0 Å². The van der Waals surface area contributed by atoms with Crippen molar-refractivity contribution < 1.29 is 0 Å². The first-order valence-corrected chi connectivity index (χ1v) is 11.7. The minimum Gasteiger partial charge on any atom is -0.372 e. The third-order valence-corrected chi connectivity index (χ3v) is 6.86. The maximum atomic E-state index is 6.36. The average molecular weight is 489 g/mol. The Kier molecular flexibility index (Phi) is 5.21. The van der Waals surface area contributed by atoms with Crippen LogP contribution in [0.3, 0.4) is 0 Å². The van der Waals surface area contributed by atoms with Gasteiger partial charge in [-0.1, -0.05) is 53.5 Å². The van der Waals surface area contributed by atoms with Crippen LogP contribution in [0.4, 0.5) is 5.69 Å². The van der Waals surface area contributed by atoms with Gasteiger partial charge in [0.15, 0.2) is 5.84 Å². The molecule has 3 aliphatic heterocycles. The number of hydrogen-bond acceptors (Lipinski definition) is 6. The molecule has 3 N–H and O–H groups in total. The Labute approximate surface area is 208 Å². The van der Waals surface area contributed by atoms with Crippen molar-refractivity contribution in [1.29, 1.82) is 0 Å². The van der Waals surface area contributed by atoms with E-state index >= 15 is 0 Å². The molecule has 0 amide bonds. The molecule has 3 aromatic rings. The number of rotatable bonds is 4. The molecule has 6 nitrogen and oxygen atoms in total. The molecular weight excluding hydrogens is 467 g/mol. The van der Waals surface area contributed by atoms with Gasteiger partial charge in [0, 0.05) is 34.6 Å². The van der Waals surface area contributed by atoms with Crippen LogP contribution < -0.4 is 21.4 Å². The minimum absolute atomic E-state index is 0.0444. The van der Waals surface area contributed by atoms with Crippen molar-refractivity contribution >= 4 is 40.3 Å². The van der Waals surface area contributed by atoms with Crippen molar-refractivity contribution in [2.45, 2.75) is 5.92 Å². The molecule has 3 aliphatic rings. The van der Waals surface area contributed by atoms with Crippen LogP contribution in [0.1, 0.15) is 28.2 Å². The van der Waals surface area contributed by atoms with Gasteiger partial charge in [-0.15, -0.1) is 10.6 Å². The molecule has 0 spiro atoms. The number of allylic oxidation sites excluding steroid dienone is 1. The predicted molar refractivity (Wildman–Crippen MR) is 138 cm³/mol. The lowest BCUT2D eigenvalue weighted by molar-refractivity contribution is 0.422. The fourth-order valence-electron chi connectivity index (χ4n) is 4.75. The number of fused-ring (bicyclic) bond motifs is 3. The number of halogens is 2. The van der Waals surface area contributed by atoms with E-state index in [1.165, 1.54) is 16.8 Å². The smallest absolute Gasteiger partial charge is 0.171 e. The van der Waals surface area contributed by atoms with Crippen molar-refractivity contribution in [3.05, 3.63) is 117 Å². The highest BCUT2D eigenvalue weighted by molar-refractivity contribution is 6.31. The number of anilines is 1. The number of nitrogens with zero attached hydrogens (tertiary/aromatic N) is 3. The van der Waals surface area contributed by atoms with E-state index in [0.29, 0.717) is 5.02 Å². The van der Waals surface area contributed by atoms with E-state index in [1.54, 1.807) is 0 Å². The van der Waals surface area contributed by atoms with Crippen molar-refractivity contribution in [3.8, 4) is 0 Å². The van der Waals surface area contributed by atoms with Gasteiger partial charge in [0.2, 0.25) is 0 Å². The van der Waals surface area contributed by atoms with Crippen molar-refractivity contribution in [3.63, 3.8) is 0 Å². The average Bonchev–Trinajstić information content (AvgIpc) is 3.49. The number of hydrazone groups is 1. The largest absolute Gasteiger partial charge is 0.372 e. The van der Waals surface area contributed by atoms with Gasteiger partial charge in [-0.25, -0.2) is 10.5 Å². The summed E-state index contributed by atoms with van der Waals surface area (Å²) in [7, 11) is 2.10. The zero-order chi connectivity index (χ0) is 23.2. The first kappa shape index (κ1) is 21.1. The summed E-state index contributed by atoms with van der Waals surface area (Å²) in [5, 5.41) is 11.1. The summed E-state index contributed by atoms with van der Waals surface area (Å²) < 4.78 is 0. The molecule has 0 fully saturated rings. The zero-order valence-electron chi connectivity index (χ0n) is 18.4. The molecule has 8 heteroatoms. The molecule has 1 unspecified atom stereocenters. The molecule has 34 heavy (non-hydrogen) atoms. The molecule has 0 bridgehead atoms. The summed E-state index contributed by atoms with van der Waals surface area (Å²) in [5.41, 5.74) is 13.8. The Morgan fingerprint density at radius 3 is 2.53 bits per heavy atom. The second-order valence-corrected chi connectivity index (χ2v) is 9.36. The highest BCUT2D eigenvalue weighted by Crippen LogP contribution is 2.41. The van der Waals surface area contributed by atoms with Gasteiger partial charge in [0.25, 0.3) is 0 Å². The van der Waals surface area contributed by atoms with Crippen LogP contribution in [0.15, 0.2) is 89.8 Å². The normalized spacial score (nSPS) is 17.2. The van der Waals surface area contributed by atoms with E-state index in [2.05, 4.69) is 82.1 Å². The van der Waals surface area contributed by atoms with Gasteiger partial charge >= 0.3 is 0 Å². The van der Waals surface area contributed by atoms with Gasteiger partial charge in [0.1, 0.15) is 0 Å². The van der Waals surface area contributed by atoms with Gasteiger partial charge < -0.3 is 10.2 Å². The molecule has 3 aromatic carbocycles. The third-order valence-electron chi connectivity index (χ3n) is 6.37. The van der Waals surface area contributed by atoms with Gasteiger partial charge in [-0.3, -0.25) is 0 Å². The van der Waals surface area contributed by atoms with Crippen LogP contribution in [-0.4, -0.2) is 24.5 Å². The lowest BCUT2D eigenvalue weighted by atomic mass is 9.84. The second-order valence-electron chi connectivity index (χ2n) is 8.49. The molecule has 0 aromatic heterocycles. The van der Waals surface area contributed by atoms with E-state index in [-0.39, 0.29) is 5.92 Å². The monoisotopic (exact) mass is 488 g/mol. The minimum atomic E-state index is 0.0444. The zero-order valence-corrected chi connectivity index (χ0v) is 19.9. The molecule has 170 valence electrons. The van der Waals surface area contributed by atoms with Crippen LogP contribution in [-0.2, 0) is 0 Å². The van der Waals surface area contributed by atoms with Crippen LogP contribution in [0.5, 0.6) is 0 Å². The highest BCUT2D eigenvalue weighted by atomic mass is 35.5. The van der Waals surface area contributed by atoms with Gasteiger partial charge in [-0.2, -0.15) is 0 Å². The van der Waals surface area contributed by atoms with Crippen LogP contribution in [0.25, 0.3) is 5.57 Å². The number of amidine groups is 1. The Morgan fingerprint density at radius 1 is 0.941 bits per heavy atom. The number of hydrazine groups is 2. The Bertz CT molecular complexity index is 1360. The maximum absolute atomic E-state index is 6.36. The van der Waals surface area contributed by atoms with E-state index in [9.17, 15) is 0 Å². The molecule has 3 heterocycles. The molecule has 0 aliphatic carbocycles. The highest BCUT2D eigenvalue weighted by Gasteiger charge is 2.30. The van der Waals surface area contributed by atoms with Crippen LogP contribution in [0, 0.1) is 0 Å². The van der Waals surface area contributed by atoms with E-state index < -0.39 is 0 Å². The molecule has 6 rings (SSSR count). The maximum Gasteiger partial charge on any atom is 0.171 e. The fraction of sp³-hybridized carbons (Fsp3) is 0.115. The summed E-state index contributed by atoms with van der Waals surface area (Å²) in [4.78, 5) is 2.24. The Hall–Kier alpha value is -3.45. The lowest BCUT2D eigenvalue weighted by Gasteiger charge is -2.30. The van der Waals surface area contributed by atoms with Gasteiger partial charge in [0.05, 0.1) is 18.3 Å². The van der Waals surface area contributed by atoms with E-state index in [1.807, 2.05) is 35.3 Å². The SMILES string of the molecule is CN1CNC=C1C(c1ccc(Cl)cc1)c1ccc2c(c1)C(c1cccc(Cl)c1)=CC1=NNNN12. The molecule has 0 saturated heterocycles. The Morgan fingerprint density at radius 2 is 1.76 bits per heavy atom. The summed E-state index contributed by atoms with van der Waals surface area (Å²) in [5.74, 6) is 0.842. The molecule has 1 atom stereocenters. The summed E-state index contributed by atoms with van der Waals surface area (Å²) >= 11 is 12.6. The first-order chi connectivity index (χ1) is 16.6. The van der Waals surface area contributed by atoms with Gasteiger partial charge in [-0.05, 0) is 64.7 Å². The number of likely N-dealkylation sites (N-methyl/N-ethyl adjacent to an activating group) is 1. The topological polar surface area (TPSA) is 54.9 Å². The first-order valence-electron chi connectivity index (χ1n) is 11.0. The lowest BCUT2D eigenvalue weighted by Crippen LogP contribution is -2.42. The van der Waals surface area contributed by atoms with E-state index in [4.69, 9.17) is 23.2 Å². The van der Waals surface area contributed by atoms with Crippen LogP contribution >= 0.6 is 23.2 Å². The third kappa shape index (κ3) is 3.60.